The number of hydrogen-bond donors (Lipinski definition) is 0. The maximum absolute atomic E-state index is 12.0. The molecule has 0 aliphatic carbocycles. The van der Waals surface area contributed by atoms with Crippen LogP contribution in [-0.2, 0) is 21.4 Å². The molecule has 0 bridgehead atoms. The number of thioether (sulfide) groups is 1. The maximum Gasteiger partial charge on any atom is 0.310 e. The molecule has 0 amide bonds. The van der Waals surface area contributed by atoms with E-state index in [4.69, 9.17) is 17.0 Å². The van der Waals surface area contributed by atoms with Crippen molar-refractivity contribution in [2.75, 3.05) is 6.61 Å². The Morgan fingerprint density at radius 3 is 2.40 bits per heavy atom. The zero-order chi connectivity index (χ0) is 18.4. The van der Waals surface area contributed by atoms with Crippen LogP contribution in [0.5, 0.6) is 0 Å². The second-order valence-electron chi connectivity index (χ2n) is 6.81. The van der Waals surface area contributed by atoms with E-state index in [0.717, 1.165) is 20.2 Å². The number of thiocarbonyl (C=S) groups is 1. The van der Waals surface area contributed by atoms with Crippen molar-refractivity contribution in [3.63, 3.8) is 0 Å². The molecule has 0 aromatic heterocycles. The molecule has 0 saturated heterocycles. The minimum Gasteiger partial charge on any atom is -0.466 e. The molecule has 0 unspecified atom stereocenters. The molecule has 2 rings (SSSR count). The zero-order valence-electron chi connectivity index (χ0n) is 15.2. The molecule has 0 atom stereocenters. The van der Waals surface area contributed by atoms with Gasteiger partial charge >= 0.3 is 5.97 Å². The lowest BCUT2D eigenvalue weighted by Gasteiger charge is -2.21. The number of carbonyl (C=O) groups excluding carboxylic acids is 1. The number of benzene rings is 2. The van der Waals surface area contributed by atoms with Gasteiger partial charge in [0.25, 0.3) is 0 Å². The van der Waals surface area contributed by atoms with E-state index in [-0.39, 0.29) is 17.8 Å². The van der Waals surface area contributed by atoms with Gasteiger partial charge in [-0.25, -0.2) is 0 Å². The highest BCUT2D eigenvalue weighted by Crippen LogP contribution is 2.32. The van der Waals surface area contributed by atoms with Crippen molar-refractivity contribution in [1.82, 2.24) is 0 Å². The molecule has 0 aliphatic rings. The van der Waals surface area contributed by atoms with Crippen LogP contribution >= 0.6 is 24.0 Å². The third-order valence-corrected chi connectivity index (χ3v) is 5.30. The standard InChI is InChI=1S/C21H24O2S2/c1-5-23-19(22)14-16-13-17(21(2,3)4)11-12-18(16)25-20(24)15-9-7-6-8-10-15/h6-13H,5,14H2,1-4H3. The summed E-state index contributed by atoms with van der Waals surface area (Å²) in [5, 5.41) is 0. The fourth-order valence-electron chi connectivity index (χ4n) is 2.38. The largest absolute Gasteiger partial charge is 0.466 e. The van der Waals surface area contributed by atoms with Crippen LogP contribution < -0.4 is 0 Å². The Bertz CT molecular complexity index is 746. The SMILES string of the molecule is CCOC(=O)Cc1cc(C(C)(C)C)ccc1SC(=S)c1ccccc1. The summed E-state index contributed by atoms with van der Waals surface area (Å²) in [5.74, 6) is -0.207. The van der Waals surface area contributed by atoms with Gasteiger partial charge in [-0.15, -0.1) is 0 Å². The highest BCUT2D eigenvalue weighted by atomic mass is 32.2. The maximum atomic E-state index is 12.0. The van der Waals surface area contributed by atoms with Crippen molar-refractivity contribution in [3.8, 4) is 0 Å². The molecule has 4 heteroatoms. The Labute approximate surface area is 160 Å². The van der Waals surface area contributed by atoms with Gasteiger partial charge in [0.05, 0.1) is 17.2 Å². The molecule has 0 spiro atoms. The minimum absolute atomic E-state index is 0.0204. The van der Waals surface area contributed by atoms with E-state index in [9.17, 15) is 4.79 Å². The first kappa shape index (κ1) is 19.7. The molecule has 0 saturated carbocycles. The van der Waals surface area contributed by atoms with Crippen molar-refractivity contribution in [3.05, 3.63) is 65.2 Å². The number of hydrogen-bond acceptors (Lipinski definition) is 4. The third kappa shape index (κ3) is 5.68. The van der Waals surface area contributed by atoms with Crippen LogP contribution in [0.25, 0.3) is 0 Å². The van der Waals surface area contributed by atoms with Crippen LogP contribution in [-0.4, -0.2) is 16.8 Å². The zero-order valence-corrected chi connectivity index (χ0v) is 16.8. The molecule has 0 radical (unpaired) electrons. The van der Waals surface area contributed by atoms with Gasteiger partial charge in [0, 0.05) is 4.90 Å². The lowest BCUT2D eigenvalue weighted by Crippen LogP contribution is -2.14. The summed E-state index contributed by atoms with van der Waals surface area (Å²) >= 11 is 7.11. The number of ether oxygens (including phenoxy) is 1. The van der Waals surface area contributed by atoms with E-state index in [1.165, 1.54) is 17.3 Å². The minimum atomic E-state index is -0.207. The summed E-state index contributed by atoms with van der Waals surface area (Å²) < 4.78 is 5.94. The van der Waals surface area contributed by atoms with E-state index >= 15 is 0 Å². The van der Waals surface area contributed by atoms with Crippen LogP contribution in [0, 0.1) is 0 Å². The average molecular weight is 373 g/mol. The quantitative estimate of drug-likeness (QED) is 0.390. The fraction of sp³-hybridized carbons (Fsp3) is 0.333. The van der Waals surface area contributed by atoms with Gasteiger partial charge < -0.3 is 4.74 Å². The molecule has 0 heterocycles. The highest BCUT2D eigenvalue weighted by molar-refractivity contribution is 8.23. The average Bonchev–Trinajstić information content (AvgIpc) is 2.56. The number of esters is 1. The van der Waals surface area contributed by atoms with E-state index in [1.807, 2.05) is 37.3 Å². The van der Waals surface area contributed by atoms with Gasteiger partial charge in [0.1, 0.15) is 0 Å². The van der Waals surface area contributed by atoms with Crippen LogP contribution in [0.3, 0.4) is 0 Å². The van der Waals surface area contributed by atoms with Crippen LogP contribution in [0.1, 0.15) is 44.4 Å². The molecule has 2 aromatic carbocycles. The molecular formula is C21H24O2S2. The summed E-state index contributed by atoms with van der Waals surface area (Å²) in [4.78, 5) is 13.0. The van der Waals surface area contributed by atoms with Crippen molar-refractivity contribution < 1.29 is 9.53 Å². The van der Waals surface area contributed by atoms with Gasteiger partial charge in [0.2, 0.25) is 0 Å². The van der Waals surface area contributed by atoms with Gasteiger partial charge in [-0.2, -0.15) is 0 Å². The predicted octanol–water partition coefficient (Wildman–Crippen LogP) is 5.56. The third-order valence-electron chi connectivity index (χ3n) is 3.78. The van der Waals surface area contributed by atoms with Crippen LogP contribution in [0.4, 0.5) is 0 Å². The second kappa shape index (κ2) is 8.63. The Morgan fingerprint density at radius 1 is 1.12 bits per heavy atom. The molecule has 132 valence electrons. The van der Waals surface area contributed by atoms with E-state index < -0.39 is 0 Å². The van der Waals surface area contributed by atoms with Gasteiger partial charge in [-0.1, -0.05) is 87.2 Å². The van der Waals surface area contributed by atoms with Crippen molar-refractivity contribution in [2.45, 2.75) is 44.4 Å². The molecule has 2 aromatic rings. The lowest BCUT2D eigenvalue weighted by molar-refractivity contribution is -0.142. The molecule has 2 nitrogen and oxygen atoms in total. The second-order valence-corrected chi connectivity index (χ2v) is 8.53. The van der Waals surface area contributed by atoms with E-state index in [1.54, 1.807) is 0 Å². The van der Waals surface area contributed by atoms with E-state index in [0.29, 0.717) is 6.61 Å². The summed E-state index contributed by atoms with van der Waals surface area (Å²) in [6.45, 7) is 8.71. The monoisotopic (exact) mass is 372 g/mol. The first-order chi connectivity index (χ1) is 11.8. The summed E-state index contributed by atoms with van der Waals surface area (Å²) in [6, 6.07) is 16.2. The first-order valence-corrected chi connectivity index (χ1v) is 9.60. The Kier molecular flexibility index (Phi) is 6.79. The Balaban J connectivity index is 2.32. The van der Waals surface area contributed by atoms with Gasteiger partial charge in [-0.3, -0.25) is 4.79 Å². The van der Waals surface area contributed by atoms with E-state index in [2.05, 4.69) is 39.0 Å². The molecule has 0 aliphatic heterocycles. The van der Waals surface area contributed by atoms with Crippen molar-refractivity contribution in [1.29, 1.82) is 0 Å². The van der Waals surface area contributed by atoms with Gasteiger partial charge in [0.15, 0.2) is 0 Å². The van der Waals surface area contributed by atoms with Crippen molar-refractivity contribution in [2.24, 2.45) is 0 Å². The summed E-state index contributed by atoms with van der Waals surface area (Å²) in [7, 11) is 0. The molecule has 0 N–H and O–H groups in total. The smallest absolute Gasteiger partial charge is 0.310 e. The number of rotatable bonds is 5. The van der Waals surface area contributed by atoms with Crippen molar-refractivity contribution >= 4 is 34.1 Å². The van der Waals surface area contributed by atoms with Crippen LogP contribution in [0.2, 0.25) is 0 Å². The molecule has 25 heavy (non-hydrogen) atoms. The first-order valence-electron chi connectivity index (χ1n) is 8.37. The Hall–Kier alpha value is -1.65. The number of carbonyl (C=O) groups is 1. The summed E-state index contributed by atoms with van der Waals surface area (Å²) in [5.41, 5.74) is 3.20. The Morgan fingerprint density at radius 2 is 1.80 bits per heavy atom. The van der Waals surface area contributed by atoms with Gasteiger partial charge in [-0.05, 0) is 35.1 Å². The molecular weight excluding hydrogens is 348 g/mol. The summed E-state index contributed by atoms with van der Waals surface area (Å²) in [6.07, 6.45) is 0.261. The van der Waals surface area contributed by atoms with Crippen LogP contribution in [0.15, 0.2) is 53.4 Å². The molecule has 0 fully saturated rings. The normalized spacial score (nSPS) is 11.2. The fourth-order valence-corrected chi connectivity index (χ4v) is 3.64. The lowest BCUT2D eigenvalue weighted by atomic mass is 9.86. The topological polar surface area (TPSA) is 26.3 Å². The highest BCUT2D eigenvalue weighted by Gasteiger charge is 2.18. The predicted molar refractivity (Wildman–Crippen MR) is 109 cm³/mol.